The van der Waals surface area contributed by atoms with Crippen molar-refractivity contribution in [1.82, 2.24) is 24.6 Å². The highest BCUT2D eigenvalue weighted by Gasteiger charge is 2.26. The van der Waals surface area contributed by atoms with Gasteiger partial charge in [-0.2, -0.15) is 0 Å². The van der Waals surface area contributed by atoms with Gasteiger partial charge in [0.05, 0.1) is 19.2 Å². The third-order valence-corrected chi connectivity index (χ3v) is 3.78. The Balaban J connectivity index is 1.77. The Morgan fingerprint density at radius 1 is 1.27 bits per heavy atom. The van der Waals surface area contributed by atoms with Gasteiger partial charge < -0.3 is 14.2 Å². The summed E-state index contributed by atoms with van der Waals surface area (Å²) >= 11 is 0. The van der Waals surface area contributed by atoms with Crippen molar-refractivity contribution >= 4 is 5.91 Å². The first-order chi connectivity index (χ1) is 10.6. The highest BCUT2D eigenvalue weighted by molar-refractivity contribution is 5.94. The summed E-state index contributed by atoms with van der Waals surface area (Å²) < 4.78 is 7.12. The fourth-order valence-corrected chi connectivity index (χ4v) is 2.59. The first kappa shape index (κ1) is 14.5. The molecule has 3 rings (SSSR count). The Morgan fingerprint density at radius 2 is 2.09 bits per heavy atom. The lowest BCUT2D eigenvalue weighted by Gasteiger charge is -2.28. The molecule has 0 spiro atoms. The normalized spacial score (nSPS) is 14.1. The number of carbonyl (C=O) groups is 1. The van der Waals surface area contributed by atoms with E-state index in [1.165, 1.54) is 0 Å². The van der Waals surface area contributed by atoms with Crippen LogP contribution < -0.4 is 4.74 Å². The van der Waals surface area contributed by atoms with Crippen molar-refractivity contribution in [1.29, 1.82) is 0 Å². The first-order valence-electron chi connectivity index (χ1n) is 7.31. The molecule has 0 fully saturated rings. The van der Waals surface area contributed by atoms with E-state index in [-0.39, 0.29) is 5.91 Å². The highest BCUT2D eigenvalue weighted by atomic mass is 16.5. The van der Waals surface area contributed by atoms with Gasteiger partial charge in [0.2, 0.25) is 5.88 Å². The van der Waals surface area contributed by atoms with Crippen molar-refractivity contribution < 1.29 is 9.53 Å². The van der Waals surface area contributed by atoms with Crippen molar-refractivity contribution in [2.24, 2.45) is 0 Å². The average Bonchev–Trinajstić information content (AvgIpc) is 2.97. The van der Waals surface area contributed by atoms with Gasteiger partial charge in [0.1, 0.15) is 5.82 Å². The summed E-state index contributed by atoms with van der Waals surface area (Å²) in [4.78, 5) is 18.4. The monoisotopic (exact) mass is 301 g/mol. The molecule has 0 N–H and O–H groups in total. The standard InChI is InChI=1S/C15H19N5O2/c1-10(2)14-18-17-12-9-19(6-7-20(12)14)15(21)11-4-5-13(22-3)16-8-11/h4-5,8,10H,6-7,9H2,1-3H3. The lowest BCUT2D eigenvalue weighted by atomic mass is 10.2. The molecule has 0 radical (unpaired) electrons. The van der Waals surface area contributed by atoms with E-state index in [1.54, 1.807) is 30.3 Å². The number of nitrogens with zero attached hydrogens (tertiary/aromatic N) is 5. The van der Waals surface area contributed by atoms with E-state index in [0.29, 0.717) is 30.5 Å². The van der Waals surface area contributed by atoms with Gasteiger partial charge in [-0.25, -0.2) is 4.98 Å². The Labute approximate surface area is 128 Å². The maximum absolute atomic E-state index is 12.5. The fraction of sp³-hybridized carbons (Fsp3) is 0.467. The van der Waals surface area contributed by atoms with E-state index in [9.17, 15) is 4.79 Å². The molecule has 0 aromatic carbocycles. The largest absolute Gasteiger partial charge is 0.481 e. The lowest BCUT2D eigenvalue weighted by Crippen LogP contribution is -2.38. The topological polar surface area (TPSA) is 73.1 Å². The number of methoxy groups -OCH3 is 1. The van der Waals surface area contributed by atoms with Crippen LogP contribution in [0.1, 0.15) is 41.8 Å². The number of amides is 1. The minimum Gasteiger partial charge on any atom is -0.481 e. The number of fused-ring (bicyclic) bond motifs is 1. The SMILES string of the molecule is COc1ccc(C(=O)N2CCn3c(nnc3C(C)C)C2)cn1. The van der Waals surface area contributed by atoms with Gasteiger partial charge >= 0.3 is 0 Å². The van der Waals surface area contributed by atoms with Gasteiger partial charge in [0, 0.05) is 31.3 Å². The Hall–Kier alpha value is -2.44. The Bertz CT molecular complexity index is 678. The second-order valence-electron chi connectivity index (χ2n) is 5.60. The number of hydrogen-bond acceptors (Lipinski definition) is 5. The van der Waals surface area contributed by atoms with Crippen LogP contribution in [-0.2, 0) is 13.1 Å². The number of carbonyl (C=O) groups excluding carboxylic acids is 1. The number of rotatable bonds is 3. The second kappa shape index (κ2) is 5.75. The molecule has 7 heteroatoms. The zero-order valence-electron chi connectivity index (χ0n) is 13.0. The molecule has 0 saturated carbocycles. The van der Waals surface area contributed by atoms with Crippen LogP contribution in [0.4, 0.5) is 0 Å². The Kier molecular flexibility index (Phi) is 3.79. The van der Waals surface area contributed by atoms with E-state index in [2.05, 4.69) is 33.6 Å². The fourth-order valence-electron chi connectivity index (χ4n) is 2.59. The molecular formula is C15H19N5O2. The maximum atomic E-state index is 12.5. The summed E-state index contributed by atoms with van der Waals surface area (Å²) in [6.07, 6.45) is 1.54. The molecule has 0 saturated heterocycles. The molecule has 0 bridgehead atoms. The molecule has 116 valence electrons. The van der Waals surface area contributed by atoms with Crippen LogP contribution in [0, 0.1) is 0 Å². The van der Waals surface area contributed by atoms with Gasteiger partial charge in [0.15, 0.2) is 5.82 Å². The van der Waals surface area contributed by atoms with E-state index >= 15 is 0 Å². The van der Waals surface area contributed by atoms with E-state index in [4.69, 9.17) is 4.74 Å². The van der Waals surface area contributed by atoms with Crippen LogP contribution in [0.2, 0.25) is 0 Å². The molecule has 1 aliphatic heterocycles. The van der Waals surface area contributed by atoms with Crippen molar-refractivity contribution in [3.8, 4) is 5.88 Å². The van der Waals surface area contributed by atoms with Gasteiger partial charge in [0.25, 0.3) is 5.91 Å². The second-order valence-corrected chi connectivity index (χ2v) is 5.60. The Morgan fingerprint density at radius 3 is 2.73 bits per heavy atom. The van der Waals surface area contributed by atoms with Crippen LogP contribution in [0.3, 0.4) is 0 Å². The molecule has 2 aromatic heterocycles. The van der Waals surface area contributed by atoms with Gasteiger partial charge in [-0.05, 0) is 6.07 Å². The minimum atomic E-state index is -0.0458. The predicted octanol–water partition coefficient (Wildman–Crippen LogP) is 1.46. The zero-order chi connectivity index (χ0) is 15.7. The van der Waals surface area contributed by atoms with E-state index < -0.39 is 0 Å². The van der Waals surface area contributed by atoms with Gasteiger partial charge in [-0.15, -0.1) is 10.2 Å². The number of ether oxygens (including phenoxy) is 1. The van der Waals surface area contributed by atoms with Crippen molar-refractivity contribution in [3.63, 3.8) is 0 Å². The van der Waals surface area contributed by atoms with Crippen LogP contribution in [0.15, 0.2) is 18.3 Å². The van der Waals surface area contributed by atoms with Gasteiger partial charge in [-0.1, -0.05) is 13.8 Å². The zero-order valence-corrected chi connectivity index (χ0v) is 13.0. The molecular weight excluding hydrogens is 282 g/mol. The molecule has 0 unspecified atom stereocenters. The molecule has 1 amide bonds. The van der Waals surface area contributed by atoms with Crippen molar-refractivity contribution in [2.45, 2.75) is 32.9 Å². The molecule has 1 aliphatic rings. The van der Waals surface area contributed by atoms with Crippen molar-refractivity contribution in [3.05, 3.63) is 35.5 Å². The minimum absolute atomic E-state index is 0.0458. The van der Waals surface area contributed by atoms with Gasteiger partial charge in [-0.3, -0.25) is 4.79 Å². The highest BCUT2D eigenvalue weighted by Crippen LogP contribution is 2.19. The number of aromatic nitrogens is 4. The third kappa shape index (κ3) is 2.54. The molecule has 22 heavy (non-hydrogen) atoms. The molecule has 3 heterocycles. The number of pyridine rings is 1. The maximum Gasteiger partial charge on any atom is 0.255 e. The summed E-state index contributed by atoms with van der Waals surface area (Å²) in [5.74, 6) is 2.60. The average molecular weight is 301 g/mol. The van der Waals surface area contributed by atoms with Crippen molar-refractivity contribution in [2.75, 3.05) is 13.7 Å². The molecule has 7 nitrogen and oxygen atoms in total. The number of hydrogen-bond donors (Lipinski definition) is 0. The quantitative estimate of drug-likeness (QED) is 0.858. The van der Waals surface area contributed by atoms with Crippen LogP contribution in [0.5, 0.6) is 5.88 Å². The summed E-state index contributed by atoms with van der Waals surface area (Å²) in [6.45, 7) is 6.04. The van der Waals surface area contributed by atoms with Crippen LogP contribution in [-0.4, -0.2) is 44.2 Å². The summed E-state index contributed by atoms with van der Waals surface area (Å²) in [6, 6.07) is 3.42. The van der Waals surface area contributed by atoms with E-state index in [1.807, 2.05) is 0 Å². The molecule has 0 aliphatic carbocycles. The summed E-state index contributed by atoms with van der Waals surface area (Å²) in [5.41, 5.74) is 0.554. The summed E-state index contributed by atoms with van der Waals surface area (Å²) in [5, 5.41) is 8.45. The van der Waals surface area contributed by atoms with E-state index in [0.717, 1.165) is 18.2 Å². The molecule has 2 aromatic rings. The molecule has 0 atom stereocenters. The summed E-state index contributed by atoms with van der Waals surface area (Å²) in [7, 11) is 1.55. The smallest absolute Gasteiger partial charge is 0.255 e. The van der Waals surface area contributed by atoms with Crippen LogP contribution in [0.25, 0.3) is 0 Å². The lowest BCUT2D eigenvalue weighted by molar-refractivity contribution is 0.0705. The van der Waals surface area contributed by atoms with Crippen LogP contribution >= 0.6 is 0 Å². The predicted molar refractivity (Wildman–Crippen MR) is 79.6 cm³/mol. The first-order valence-corrected chi connectivity index (χ1v) is 7.31. The third-order valence-electron chi connectivity index (χ3n) is 3.78.